The van der Waals surface area contributed by atoms with Gasteiger partial charge in [-0.2, -0.15) is 0 Å². The van der Waals surface area contributed by atoms with E-state index in [0.29, 0.717) is 19.4 Å². The zero-order chi connectivity index (χ0) is 40.7. The van der Waals surface area contributed by atoms with Crippen molar-refractivity contribution >= 4 is 11.9 Å². The van der Waals surface area contributed by atoms with Crippen molar-refractivity contribution in [3.63, 3.8) is 0 Å². The van der Waals surface area contributed by atoms with Gasteiger partial charge in [0.05, 0.1) is 6.61 Å². The fraction of sp³-hybridized carbons (Fsp3) is 0.843. The molecule has 0 fully saturated rings. The fourth-order valence-electron chi connectivity index (χ4n) is 6.95. The van der Waals surface area contributed by atoms with Crippen LogP contribution in [0.2, 0.25) is 0 Å². The minimum atomic E-state index is -0.534. The predicted molar refractivity (Wildman–Crippen MR) is 242 cm³/mol. The van der Waals surface area contributed by atoms with E-state index < -0.39 is 6.10 Å². The number of carbonyl (C=O) groups is 2. The molecule has 0 spiro atoms. The number of hydrogen-bond donors (Lipinski definition) is 0. The van der Waals surface area contributed by atoms with Crippen LogP contribution >= 0.6 is 0 Å². The summed E-state index contributed by atoms with van der Waals surface area (Å²) in [7, 11) is 0. The highest BCUT2D eigenvalue weighted by Crippen LogP contribution is 2.14. The normalized spacial score (nSPS) is 12.4. The minimum absolute atomic E-state index is 0.0800. The maximum Gasteiger partial charge on any atom is 0.306 e. The summed E-state index contributed by atoms with van der Waals surface area (Å²) in [5, 5.41) is 0. The third-order valence-electron chi connectivity index (χ3n) is 10.6. The maximum atomic E-state index is 12.6. The number of ether oxygens (including phenoxy) is 3. The third-order valence-corrected chi connectivity index (χ3v) is 10.6. The first kappa shape index (κ1) is 54.1. The summed E-state index contributed by atoms with van der Waals surface area (Å²) >= 11 is 0. The first-order chi connectivity index (χ1) is 27.6. The van der Waals surface area contributed by atoms with Crippen LogP contribution in [-0.4, -0.2) is 37.9 Å². The summed E-state index contributed by atoms with van der Waals surface area (Å²) < 4.78 is 17.2. The second kappa shape index (κ2) is 47.5. The Bertz CT molecular complexity index is 893. The minimum Gasteiger partial charge on any atom is -0.462 e. The first-order valence-electron chi connectivity index (χ1n) is 24.5. The predicted octanol–water partition coefficient (Wildman–Crippen LogP) is 16.2. The second-order valence-electron chi connectivity index (χ2n) is 16.4. The van der Waals surface area contributed by atoms with Crippen LogP contribution in [-0.2, 0) is 23.8 Å². The molecule has 1 unspecified atom stereocenters. The van der Waals surface area contributed by atoms with Gasteiger partial charge >= 0.3 is 11.9 Å². The van der Waals surface area contributed by atoms with Gasteiger partial charge in [-0.3, -0.25) is 9.59 Å². The van der Waals surface area contributed by atoms with Gasteiger partial charge in [0.2, 0.25) is 0 Å². The van der Waals surface area contributed by atoms with Gasteiger partial charge < -0.3 is 14.2 Å². The van der Waals surface area contributed by atoms with Gasteiger partial charge in [-0.05, 0) is 77.0 Å². The van der Waals surface area contributed by atoms with Crippen LogP contribution in [0.4, 0.5) is 0 Å². The molecule has 1 atom stereocenters. The summed E-state index contributed by atoms with van der Waals surface area (Å²) in [5.74, 6) is -0.418. The maximum absolute atomic E-state index is 12.6. The molecule has 5 heteroatoms. The lowest BCUT2D eigenvalue weighted by Crippen LogP contribution is -2.30. The van der Waals surface area contributed by atoms with E-state index in [9.17, 15) is 9.59 Å². The van der Waals surface area contributed by atoms with E-state index in [1.165, 1.54) is 154 Å². The van der Waals surface area contributed by atoms with Crippen LogP contribution < -0.4 is 0 Å². The Morgan fingerprint density at radius 2 is 0.750 bits per heavy atom. The second-order valence-corrected chi connectivity index (χ2v) is 16.4. The van der Waals surface area contributed by atoms with Gasteiger partial charge in [0.1, 0.15) is 6.61 Å². The number of carbonyl (C=O) groups excluding carboxylic acids is 2. The molecule has 0 radical (unpaired) electrons. The Labute approximate surface area is 349 Å². The van der Waals surface area contributed by atoms with E-state index in [-0.39, 0.29) is 25.2 Å². The zero-order valence-electron chi connectivity index (χ0n) is 37.7. The van der Waals surface area contributed by atoms with Gasteiger partial charge in [0.25, 0.3) is 0 Å². The van der Waals surface area contributed by atoms with Crippen molar-refractivity contribution in [1.29, 1.82) is 0 Å². The van der Waals surface area contributed by atoms with Crippen LogP contribution in [0.1, 0.15) is 252 Å². The molecule has 0 aliphatic rings. The molecular weight excluding hydrogens is 693 g/mol. The summed E-state index contributed by atoms with van der Waals surface area (Å²) in [5.41, 5.74) is 0. The highest BCUT2D eigenvalue weighted by molar-refractivity contribution is 5.70. The molecule has 0 heterocycles. The standard InChI is InChI=1S/C51H94O5/c1-4-7-10-13-15-17-19-21-23-24-25-26-27-29-31-33-35-37-40-43-46-54-47-49(56-51(53)45-42-38-12-9-6-3)48-55-50(52)44-41-39-36-34-32-30-28-22-20-18-16-14-11-8-5-2/h16,18,21-23,28,49H,4-15,17,19-20,24-27,29-48H2,1-3H3/b18-16-,23-21-,28-22-. The Balaban J connectivity index is 4.01. The Morgan fingerprint density at radius 1 is 0.393 bits per heavy atom. The quantitative estimate of drug-likeness (QED) is 0.0349. The Hall–Kier alpha value is -1.88. The van der Waals surface area contributed by atoms with Crippen molar-refractivity contribution in [3.05, 3.63) is 36.5 Å². The molecule has 0 saturated heterocycles. The topological polar surface area (TPSA) is 61.8 Å². The molecule has 5 nitrogen and oxygen atoms in total. The highest BCUT2D eigenvalue weighted by Gasteiger charge is 2.17. The monoisotopic (exact) mass is 787 g/mol. The van der Waals surface area contributed by atoms with E-state index in [1.807, 2.05) is 0 Å². The molecule has 0 aromatic heterocycles. The number of rotatable bonds is 45. The number of hydrogen-bond acceptors (Lipinski definition) is 5. The van der Waals surface area contributed by atoms with E-state index in [1.54, 1.807) is 0 Å². The Morgan fingerprint density at radius 3 is 1.23 bits per heavy atom. The van der Waals surface area contributed by atoms with E-state index in [2.05, 4.69) is 57.2 Å². The molecule has 0 amide bonds. The average Bonchev–Trinajstić information content (AvgIpc) is 3.20. The molecule has 56 heavy (non-hydrogen) atoms. The molecule has 0 saturated carbocycles. The fourth-order valence-corrected chi connectivity index (χ4v) is 6.95. The Kier molecular flexibility index (Phi) is 45.9. The van der Waals surface area contributed by atoms with Crippen molar-refractivity contribution in [2.24, 2.45) is 0 Å². The van der Waals surface area contributed by atoms with Crippen LogP contribution in [0.25, 0.3) is 0 Å². The van der Waals surface area contributed by atoms with Crippen molar-refractivity contribution in [2.75, 3.05) is 19.8 Å². The molecule has 0 bridgehead atoms. The highest BCUT2D eigenvalue weighted by atomic mass is 16.6. The van der Waals surface area contributed by atoms with Crippen LogP contribution in [0, 0.1) is 0 Å². The molecule has 0 aromatic carbocycles. The van der Waals surface area contributed by atoms with Crippen LogP contribution in [0.15, 0.2) is 36.5 Å². The van der Waals surface area contributed by atoms with Crippen LogP contribution in [0.5, 0.6) is 0 Å². The number of unbranched alkanes of at least 4 members (excludes halogenated alkanes) is 28. The van der Waals surface area contributed by atoms with Crippen molar-refractivity contribution in [3.8, 4) is 0 Å². The van der Waals surface area contributed by atoms with Crippen molar-refractivity contribution < 1.29 is 23.8 Å². The SMILES string of the molecule is CCCCC/C=C\C/C=C\CCCCCCCC(=O)OCC(COCCCCCCCCCCCC/C=C\CCCCCCCC)OC(=O)CCCCCCC. The number of esters is 2. The van der Waals surface area contributed by atoms with Crippen LogP contribution in [0.3, 0.4) is 0 Å². The van der Waals surface area contributed by atoms with E-state index in [4.69, 9.17) is 14.2 Å². The molecule has 0 N–H and O–H groups in total. The molecule has 0 rings (SSSR count). The van der Waals surface area contributed by atoms with Crippen molar-refractivity contribution in [2.45, 2.75) is 258 Å². The zero-order valence-corrected chi connectivity index (χ0v) is 37.7. The van der Waals surface area contributed by atoms with Crippen molar-refractivity contribution in [1.82, 2.24) is 0 Å². The van der Waals surface area contributed by atoms with Gasteiger partial charge in [-0.15, -0.1) is 0 Å². The molecular formula is C51H94O5. The average molecular weight is 787 g/mol. The largest absolute Gasteiger partial charge is 0.462 e. The van der Waals surface area contributed by atoms with Gasteiger partial charge in [0, 0.05) is 19.4 Å². The van der Waals surface area contributed by atoms with Gasteiger partial charge in [-0.25, -0.2) is 0 Å². The third kappa shape index (κ3) is 44.8. The van der Waals surface area contributed by atoms with Gasteiger partial charge in [0.15, 0.2) is 6.10 Å². The summed E-state index contributed by atoms with van der Waals surface area (Å²) in [6.45, 7) is 7.73. The molecule has 328 valence electrons. The van der Waals surface area contributed by atoms with E-state index >= 15 is 0 Å². The molecule has 0 aliphatic heterocycles. The smallest absolute Gasteiger partial charge is 0.306 e. The lowest BCUT2D eigenvalue weighted by molar-refractivity contribution is -0.163. The summed E-state index contributed by atoms with van der Waals surface area (Å²) in [6, 6.07) is 0. The lowest BCUT2D eigenvalue weighted by Gasteiger charge is -2.18. The number of allylic oxidation sites excluding steroid dienone is 6. The van der Waals surface area contributed by atoms with E-state index in [0.717, 1.165) is 64.2 Å². The lowest BCUT2D eigenvalue weighted by atomic mass is 10.1. The first-order valence-corrected chi connectivity index (χ1v) is 24.5. The van der Waals surface area contributed by atoms with Gasteiger partial charge in [-0.1, -0.05) is 198 Å². The molecule has 0 aromatic rings. The summed E-state index contributed by atoms with van der Waals surface area (Å²) in [4.78, 5) is 25.0. The molecule has 0 aliphatic carbocycles. The summed E-state index contributed by atoms with van der Waals surface area (Å²) in [6.07, 6.45) is 56.1.